The summed E-state index contributed by atoms with van der Waals surface area (Å²) >= 11 is 0. The molecule has 1 heterocycles. The number of anilines is 1. The Morgan fingerprint density at radius 1 is 1.48 bits per heavy atom. The molecule has 1 aliphatic rings. The molecule has 2 rings (SSSR count). The molecule has 0 aliphatic carbocycles. The van der Waals surface area contributed by atoms with Crippen molar-refractivity contribution in [1.82, 2.24) is 4.90 Å². The molecule has 1 unspecified atom stereocenters. The number of ether oxygens (including phenoxy) is 2. The Hall–Kier alpha value is -1.75. The fourth-order valence-electron chi connectivity index (χ4n) is 2.79. The third-order valence-electron chi connectivity index (χ3n) is 3.34. The molecule has 21 heavy (non-hydrogen) atoms. The van der Waals surface area contributed by atoms with Crippen LogP contribution >= 0.6 is 0 Å². The van der Waals surface area contributed by atoms with E-state index in [-0.39, 0.29) is 17.6 Å². The van der Waals surface area contributed by atoms with Gasteiger partial charge in [0.1, 0.15) is 5.75 Å². The van der Waals surface area contributed by atoms with Crippen molar-refractivity contribution in [3.63, 3.8) is 0 Å². The van der Waals surface area contributed by atoms with Gasteiger partial charge >= 0.3 is 0 Å². The number of benzene rings is 1. The van der Waals surface area contributed by atoms with Crippen LogP contribution in [0.5, 0.6) is 5.75 Å². The molecule has 0 saturated carbocycles. The molecule has 0 aromatic heterocycles. The molecule has 0 bridgehead atoms. The Morgan fingerprint density at radius 2 is 2.19 bits per heavy atom. The lowest BCUT2D eigenvalue weighted by atomic mass is 10.0. The summed E-state index contributed by atoms with van der Waals surface area (Å²) < 4.78 is 11.3. The third kappa shape index (κ3) is 3.88. The molecule has 5 nitrogen and oxygen atoms in total. The zero-order chi connectivity index (χ0) is 15.6. The summed E-state index contributed by atoms with van der Waals surface area (Å²) in [6.07, 6.45) is 0.0186. The number of nitrogens with two attached hydrogens (primary N) is 1. The van der Waals surface area contributed by atoms with Crippen LogP contribution in [0.4, 0.5) is 5.69 Å². The molecule has 2 N–H and O–H groups in total. The van der Waals surface area contributed by atoms with Gasteiger partial charge in [0, 0.05) is 30.4 Å². The zero-order valence-electron chi connectivity index (χ0n) is 13.2. The first-order valence-corrected chi connectivity index (χ1v) is 7.31. The molecule has 1 aliphatic heterocycles. The van der Waals surface area contributed by atoms with Gasteiger partial charge in [-0.05, 0) is 39.8 Å². The van der Waals surface area contributed by atoms with Gasteiger partial charge < -0.3 is 20.1 Å². The number of hydrogen-bond donors (Lipinski definition) is 1. The maximum absolute atomic E-state index is 12.7. The molecular formula is C16H24N2O3. The standard InChI is InChI=1S/C16H24N2O3/c1-5-20-14-7-12(6-13(17)8-14)15(19)18-9-11(2)21-16(3,4)10-18/h6-8,11H,5,9-10,17H2,1-4H3. The normalized spacial score (nSPS) is 21.1. The van der Waals surface area contributed by atoms with Crippen molar-refractivity contribution in [3.05, 3.63) is 23.8 Å². The van der Waals surface area contributed by atoms with Crippen LogP contribution in [-0.2, 0) is 4.74 Å². The van der Waals surface area contributed by atoms with E-state index in [2.05, 4.69) is 0 Å². The molecule has 1 aromatic carbocycles. The van der Waals surface area contributed by atoms with Crippen LogP contribution in [0.3, 0.4) is 0 Å². The van der Waals surface area contributed by atoms with Crippen LogP contribution in [0.25, 0.3) is 0 Å². The van der Waals surface area contributed by atoms with Crippen molar-refractivity contribution >= 4 is 11.6 Å². The van der Waals surface area contributed by atoms with E-state index in [1.54, 1.807) is 18.2 Å². The van der Waals surface area contributed by atoms with Crippen LogP contribution in [-0.4, -0.2) is 42.2 Å². The minimum Gasteiger partial charge on any atom is -0.494 e. The van der Waals surface area contributed by atoms with E-state index in [9.17, 15) is 4.79 Å². The first kappa shape index (κ1) is 15.6. The highest BCUT2D eigenvalue weighted by molar-refractivity contribution is 5.95. The minimum absolute atomic E-state index is 0.0186. The van der Waals surface area contributed by atoms with Gasteiger partial charge in [-0.15, -0.1) is 0 Å². The van der Waals surface area contributed by atoms with Crippen molar-refractivity contribution < 1.29 is 14.3 Å². The highest BCUT2D eigenvalue weighted by atomic mass is 16.5. The van der Waals surface area contributed by atoms with E-state index >= 15 is 0 Å². The summed E-state index contributed by atoms with van der Waals surface area (Å²) in [5, 5.41) is 0. The van der Waals surface area contributed by atoms with Crippen LogP contribution in [0, 0.1) is 0 Å². The second-order valence-corrected chi connectivity index (χ2v) is 6.10. The predicted molar refractivity (Wildman–Crippen MR) is 82.6 cm³/mol. The van der Waals surface area contributed by atoms with E-state index in [1.165, 1.54) is 0 Å². The third-order valence-corrected chi connectivity index (χ3v) is 3.34. The Morgan fingerprint density at radius 3 is 2.81 bits per heavy atom. The van der Waals surface area contributed by atoms with Crippen molar-refractivity contribution in [3.8, 4) is 5.75 Å². The fourth-order valence-corrected chi connectivity index (χ4v) is 2.79. The number of morpholine rings is 1. The lowest BCUT2D eigenvalue weighted by Gasteiger charge is -2.41. The summed E-state index contributed by atoms with van der Waals surface area (Å²) in [5.74, 6) is 0.591. The Balaban J connectivity index is 2.23. The zero-order valence-corrected chi connectivity index (χ0v) is 13.2. The van der Waals surface area contributed by atoms with Gasteiger partial charge in [0.25, 0.3) is 5.91 Å². The molecule has 1 saturated heterocycles. The lowest BCUT2D eigenvalue weighted by molar-refractivity contribution is -0.118. The van der Waals surface area contributed by atoms with E-state index < -0.39 is 0 Å². The summed E-state index contributed by atoms with van der Waals surface area (Å²) in [4.78, 5) is 14.5. The quantitative estimate of drug-likeness (QED) is 0.868. The topological polar surface area (TPSA) is 64.8 Å². The molecule has 0 radical (unpaired) electrons. The predicted octanol–water partition coefficient (Wildman–Crippen LogP) is 2.31. The summed E-state index contributed by atoms with van der Waals surface area (Å²) in [5.41, 5.74) is 6.62. The molecule has 1 fully saturated rings. The van der Waals surface area contributed by atoms with Gasteiger partial charge in [-0.3, -0.25) is 4.79 Å². The van der Waals surface area contributed by atoms with E-state index in [0.29, 0.717) is 36.7 Å². The van der Waals surface area contributed by atoms with E-state index in [4.69, 9.17) is 15.2 Å². The van der Waals surface area contributed by atoms with E-state index in [1.807, 2.05) is 32.6 Å². The average molecular weight is 292 g/mol. The minimum atomic E-state index is -0.337. The van der Waals surface area contributed by atoms with Gasteiger partial charge in [-0.1, -0.05) is 0 Å². The number of nitrogens with zero attached hydrogens (tertiary/aromatic N) is 1. The van der Waals surface area contributed by atoms with Crippen molar-refractivity contribution in [2.45, 2.75) is 39.4 Å². The molecule has 1 atom stereocenters. The SMILES string of the molecule is CCOc1cc(N)cc(C(=O)N2CC(C)OC(C)(C)C2)c1. The summed E-state index contributed by atoms with van der Waals surface area (Å²) in [7, 11) is 0. The molecule has 1 aromatic rings. The Labute approximate surface area is 126 Å². The van der Waals surface area contributed by atoms with Gasteiger partial charge in [0.05, 0.1) is 18.3 Å². The lowest BCUT2D eigenvalue weighted by Crippen LogP contribution is -2.53. The highest BCUT2D eigenvalue weighted by Gasteiger charge is 2.34. The van der Waals surface area contributed by atoms with Gasteiger partial charge in [-0.2, -0.15) is 0 Å². The second-order valence-electron chi connectivity index (χ2n) is 6.10. The monoisotopic (exact) mass is 292 g/mol. The molecular weight excluding hydrogens is 268 g/mol. The number of nitrogen functional groups attached to an aromatic ring is 1. The van der Waals surface area contributed by atoms with E-state index in [0.717, 1.165) is 0 Å². The van der Waals surface area contributed by atoms with Crippen molar-refractivity contribution in [2.75, 3.05) is 25.4 Å². The Kier molecular flexibility index (Phi) is 4.42. The van der Waals surface area contributed by atoms with Crippen LogP contribution < -0.4 is 10.5 Å². The van der Waals surface area contributed by atoms with Gasteiger partial charge in [0.15, 0.2) is 0 Å². The number of hydrogen-bond acceptors (Lipinski definition) is 4. The highest BCUT2D eigenvalue weighted by Crippen LogP contribution is 2.25. The second kappa shape index (κ2) is 5.93. The largest absolute Gasteiger partial charge is 0.494 e. The molecule has 5 heteroatoms. The maximum atomic E-state index is 12.7. The molecule has 116 valence electrons. The molecule has 1 amide bonds. The first-order valence-electron chi connectivity index (χ1n) is 7.31. The van der Waals surface area contributed by atoms with Crippen LogP contribution in [0.2, 0.25) is 0 Å². The molecule has 0 spiro atoms. The summed E-state index contributed by atoms with van der Waals surface area (Å²) in [6, 6.07) is 5.17. The number of rotatable bonds is 3. The number of carbonyl (C=O) groups excluding carboxylic acids is 1. The van der Waals surface area contributed by atoms with Crippen molar-refractivity contribution in [1.29, 1.82) is 0 Å². The number of carbonyl (C=O) groups is 1. The van der Waals surface area contributed by atoms with Crippen LogP contribution in [0.15, 0.2) is 18.2 Å². The van der Waals surface area contributed by atoms with Gasteiger partial charge in [-0.25, -0.2) is 0 Å². The van der Waals surface area contributed by atoms with Crippen LogP contribution in [0.1, 0.15) is 38.1 Å². The average Bonchev–Trinajstić information content (AvgIpc) is 2.35. The smallest absolute Gasteiger partial charge is 0.254 e. The number of amides is 1. The Bertz CT molecular complexity index is 528. The fraction of sp³-hybridized carbons (Fsp3) is 0.562. The maximum Gasteiger partial charge on any atom is 0.254 e. The summed E-state index contributed by atoms with van der Waals surface area (Å²) in [6.45, 7) is 9.56. The van der Waals surface area contributed by atoms with Gasteiger partial charge in [0.2, 0.25) is 0 Å². The van der Waals surface area contributed by atoms with Crippen molar-refractivity contribution in [2.24, 2.45) is 0 Å². The first-order chi connectivity index (χ1) is 9.80.